The lowest BCUT2D eigenvalue weighted by Gasteiger charge is -2.22. The Morgan fingerprint density at radius 2 is 2.50 bits per heavy atom. The third-order valence-corrected chi connectivity index (χ3v) is 2.83. The molecule has 2 heterocycles. The molecule has 0 bridgehead atoms. The van der Waals surface area contributed by atoms with Gasteiger partial charge in [-0.1, -0.05) is 6.42 Å². The number of rotatable bonds is 4. The third kappa shape index (κ3) is 3.10. The minimum Gasteiger partial charge on any atom is -0.460 e. The van der Waals surface area contributed by atoms with E-state index in [4.69, 9.17) is 9.15 Å². The summed E-state index contributed by atoms with van der Waals surface area (Å²) in [5.41, 5.74) is 0. The van der Waals surface area contributed by atoms with Crippen molar-refractivity contribution in [1.82, 2.24) is 5.32 Å². The zero-order valence-corrected chi connectivity index (χ0v) is 9.28. The summed E-state index contributed by atoms with van der Waals surface area (Å²) in [6.07, 6.45) is 6.05. The van der Waals surface area contributed by atoms with Gasteiger partial charge in [-0.2, -0.15) is 0 Å². The Morgan fingerprint density at radius 1 is 1.56 bits per heavy atom. The lowest BCUT2D eigenvalue weighted by atomic mass is 10.0. The number of carbonyl (C=O) groups is 1. The second kappa shape index (κ2) is 5.70. The van der Waals surface area contributed by atoms with Gasteiger partial charge in [-0.25, -0.2) is 4.79 Å². The topological polar surface area (TPSA) is 51.5 Å². The fraction of sp³-hybridized carbons (Fsp3) is 0.583. The Bertz CT molecular complexity index is 315. The molecule has 0 amide bonds. The zero-order chi connectivity index (χ0) is 11.2. The largest absolute Gasteiger partial charge is 0.460 e. The van der Waals surface area contributed by atoms with Gasteiger partial charge in [0.05, 0.1) is 12.9 Å². The van der Waals surface area contributed by atoms with Crippen LogP contribution in [0.2, 0.25) is 0 Å². The van der Waals surface area contributed by atoms with Crippen LogP contribution in [0.15, 0.2) is 22.8 Å². The lowest BCUT2D eigenvalue weighted by Crippen LogP contribution is -2.34. The smallest absolute Gasteiger partial charge is 0.374 e. The molecular weight excluding hydrogens is 206 g/mol. The van der Waals surface area contributed by atoms with E-state index in [1.54, 1.807) is 12.1 Å². The van der Waals surface area contributed by atoms with E-state index in [0.717, 1.165) is 13.0 Å². The summed E-state index contributed by atoms with van der Waals surface area (Å²) in [5, 5.41) is 3.41. The Morgan fingerprint density at radius 3 is 3.19 bits per heavy atom. The molecule has 0 aromatic carbocycles. The van der Waals surface area contributed by atoms with Gasteiger partial charge in [0.1, 0.15) is 0 Å². The van der Waals surface area contributed by atoms with Gasteiger partial charge in [0.2, 0.25) is 5.76 Å². The van der Waals surface area contributed by atoms with E-state index < -0.39 is 0 Å². The van der Waals surface area contributed by atoms with Crippen LogP contribution in [-0.4, -0.2) is 25.2 Å². The Balaban J connectivity index is 1.66. The molecule has 1 aliphatic heterocycles. The fourth-order valence-corrected chi connectivity index (χ4v) is 1.93. The van der Waals surface area contributed by atoms with Crippen LogP contribution in [0.25, 0.3) is 0 Å². The summed E-state index contributed by atoms with van der Waals surface area (Å²) in [6, 6.07) is 3.79. The van der Waals surface area contributed by atoms with Crippen LogP contribution < -0.4 is 5.32 Å². The summed E-state index contributed by atoms with van der Waals surface area (Å²) in [5.74, 6) is -0.0996. The van der Waals surface area contributed by atoms with Crippen molar-refractivity contribution in [2.75, 3.05) is 13.2 Å². The normalized spacial score (nSPS) is 20.6. The van der Waals surface area contributed by atoms with E-state index in [2.05, 4.69) is 5.32 Å². The van der Waals surface area contributed by atoms with Gasteiger partial charge in [-0.15, -0.1) is 0 Å². The Kier molecular flexibility index (Phi) is 3.99. The van der Waals surface area contributed by atoms with Gasteiger partial charge in [-0.05, 0) is 37.9 Å². The van der Waals surface area contributed by atoms with Crippen molar-refractivity contribution in [1.29, 1.82) is 0 Å². The first-order valence-electron chi connectivity index (χ1n) is 5.80. The second-order valence-corrected chi connectivity index (χ2v) is 4.05. The number of ether oxygens (including phenoxy) is 1. The van der Waals surface area contributed by atoms with Gasteiger partial charge in [0.25, 0.3) is 0 Å². The second-order valence-electron chi connectivity index (χ2n) is 4.05. The molecule has 0 spiro atoms. The molecule has 4 heteroatoms. The van der Waals surface area contributed by atoms with Crippen molar-refractivity contribution in [2.45, 2.75) is 31.7 Å². The van der Waals surface area contributed by atoms with E-state index >= 15 is 0 Å². The summed E-state index contributed by atoms with van der Waals surface area (Å²) in [7, 11) is 0. The first-order chi connectivity index (χ1) is 7.86. The minimum absolute atomic E-state index is 0.275. The summed E-state index contributed by atoms with van der Waals surface area (Å²) >= 11 is 0. The number of hydrogen-bond donors (Lipinski definition) is 1. The van der Waals surface area contributed by atoms with Crippen LogP contribution >= 0.6 is 0 Å². The average Bonchev–Trinajstić information content (AvgIpc) is 2.84. The van der Waals surface area contributed by atoms with Crippen molar-refractivity contribution >= 4 is 5.97 Å². The van der Waals surface area contributed by atoms with Gasteiger partial charge < -0.3 is 14.5 Å². The molecule has 1 aliphatic rings. The Hall–Kier alpha value is -1.29. The third-order valence-electron chi connectivity index (χ3n) is 2.83. The number of esters is 1. The van der Waals surface area contributed by atoms with Crippen molar-refractivity contribution in [3.05, 3.63) is 24.2 Å². The van der Waals surface area contributed by atoms with Crippen molar-refractivity contribution in [2.24, 2.45) is 0 Å². The highest BCUT2D eigenvalue weighted by molar-refractivity contribution is 5.86. The van der Waals surface area contributed by atoms with E-state index in [0.29, 0.717) is 12.6 Å². The molecule has 88 valence electrons. The van der Waals surface area contributed by atoms with Crippen LogP contribution in [0.1, 0.15) is 36.2 Å². The number of hydrogen-bond acceptors (Lipinski definition) is 4. The molecule has 1 aromatic heterocycles. The summed E-state index contributed by atoms with van der Waals surface area (Å²) in [6.45, 7) is 1.54. The molecule has 1 atom stereocenters. The van der Waals surface area contributed by atoms with Crippen LogP contribution in [-0.2, 0) is 4.74 Å². The predicted molar refractivity (Wildman–Crippen MR) is 59.2 cm³/mol. The number of furan rings is 1. The van der Waals surface area contributed by atoms with Crippen LogP contribution in [0.4, 0.5) is 0 Å². The number of carbonyl (C=O) groups excluding carboxylic acids is 1. The van der Waals surface area contributed by atoms with Crippen molar-refractivity contribution in [3.8, 4) is 0 Å². The lowest BCUT2D eigenvalue weighted by molar-refractivity contribution is 0.0450. The monoisotopic (exact) mass is 223 g/mol. The maximum atomic E-state index is 11.4. The SMILES string of the molecule is O=C(OCC[C@@H]1CCCCN1)c1ccco1. The highest BCUT2D eigenvalue weighted by atomic mass is 16.5. The molecule has 0 unspecified atom stereocenters. The van der Waals surface area contributed by atoms with Gasteiger partial charge in [-0.3, -0.25) is 0 Å². The molecule has 0 aliphatic carbocycles. The highest BCUT2D eigenvalue weighted by Gasteiger charge is 2.14. The Labute approximate surface area is 95.0 Å². The average molecular weight is 223 g/mol. The molecule has 4 nitrogen and oxygen atoms in total. The first-order valence-corrected chi connectivity index (χ1v) is 5.80. The molecule has 1 fully saturated rings. The van der Waals surface area contributed by atoms with Gasteiger partial charge in [0.15, 0.2) is 0 Å². The maximum absolute atomic E-state index is 11.4. The maximum Gasteiger partial charge on any atom is 0.374 e. The number of nitrogens with one attached hydrogen (secondary N) is 1. The van der Waals surface area contributed by atoms with Crippen LogP contribution in [0, 0.1) is 0 Å². The van der Waals surface area contributed by atoms with Gasteiger partial charge >= 0.3 is 5.97 Å². The van der Waals surface area contributed by atoms with Crippen LogP contribution in [0.3, 0.4) is 0 Å². The van der Waals surface area contributed by atoms with Crippen molar-refractivity contribution in [3.63, 3.8) is 0 Å². The molecular formula is C12H17NO3. The van der Waals surface area contributed by atoms with Gasteiger partial charge in [0, 0.05) is 6.04 Å². The molecule has 1 N–H and O–H groups in total. The minimum atomic E-state index is -0.374. The molecule has 0 radical (unpaired) electrons. The summed E-state index contributed by atoms with van der Waals surface area (Å²) in [4.78, 5) is 11.4. The highest BCUT2D eigenvalue weighted by Crippen LogP contribution is 2.10. The van der Waals surface area contributed by atoms with E-state index in [9.17, 15) is 4.79 Å². The van der Waals surface area contributed by atoms with E-state index in [1.807, 2.05) is 0 Å². The van der Waals surface area contributed by atoms with Crippen molar-refractivity contribution < 1.29 is 13.9 Å². The summed E-state index contributed by atoms with van der Waals surface area (Å²) < 4.78 is 10.1. The fourth-order valence-electron chi connectivity index (χ4n) is 1.93. The quantitative estimate of drug-likeness (QED) is 0.793. The number of piperidine rings is 1. The molecule has 16 heavy (non-hydrogen) atoms. The molecule has 1 aromatic rings. The molecule has 2 rings (SSSR count). The zero-order valence-electron chi connectivity index (χ0n) is 9.28. The molecule has 0 saturated carbocycles. The van der Waals surface area contributed by atoms with E-state index in [1.165, 1.54) is 25.5 Å². The standard InChI is InChI=1S/C12H17NO3/c14-12(11-5-3-8-15-11)16-9-6-10-4-1-2-7-13-10/h3,5,8,10,13H,1-2,4,6-7,9H2/t10-/m0/s1. The van der Waals surface area contributed by atoms with Crippen LogP contribution in [0.5, 0.6) is 0 Å². The molecule has 1 saturated heterocycles. The predicted octanol–water partition coefficient (Wildman–Crippen LogP) is 1.97. The van der Waals surface area contributed by atoms with E-state index in [-0.39, 0.29) is 11.7 Å². The first kappa shape index (κ1) is 11.2.